The van der Waals surface area contributed by atoms with E-state index in [2.05, 4.69) is 22.2 Å². The van der Waals surface area contributed by atoms with Gasteiger partial charge in [-0.3, -0.25) is 0 Å². The highest BCUT2D eigenvalue weighted by atomic mass is 16.4. The van der Waals surface area contributed by atoms with Gasteiger partial charge >= 0.3 is 0 Å². The minimum Gasteiger partial charge on any atom is -0.455 e. The summed E-state index contributed by atoms with van der Waals surface area (Å²) in [6.45, 7) is 0.548. The molecule has 0 bridgehead atoms. The summed E-state index contributed by atoms with van der Waals surface area (Å²) in [6, 6.07) is 13.7. The van der Waals surface area contributed by atoms with E-state index in [0.717, 1.165) is 17.1 Å². The van der Waals surface area contributed by atoms with Crippen molar-refractivity contribution < 1.29 is 9.52 Å². The number of benzene rings is 1. The van der Waals surface area contributed by atoms with Crippen LogP contribution < -0.4 is 0 Å². The first-order valence-corrected chi connectivity index (χ1v) is 7.63. The van der Waals surface area contributed by atoms with Crippen molar-refractivity contribution in [3.8, 4) is 17.3 Å². The van der Waals surface area contributed by atoms with Gasteiger partial charge in [-0.15, -0.1) is 0 Å². The van der Waals surface area contributed by atoms with Crippen LogP contribution in [0.3, 0.4) is 0 Å². The molecule has 4 rings (SSSR count). The molecule has 0 spiro atoms. The normalized spacial score (nSPS) is 11.0. The molecule has 0 fully saturated rings. The zero-order valence-electron chi connectivity index (χ0n) is 12.9. The predicted molar refractivity (Wildman–Crippen MR) is 88.5 cm³/mol. The second-order valence-electron chi connectivity index (χ2n) is 5.42. The molecule has 3 aromatic heterocycles. The van der Waals surface area contributed by atoms with Crippen LogP contribution in [0.15, 0.2) is 71.7 Å². The van der Waals surface area contributed by atoms with E-state index >= 15 is 0 Å². The van der Waals surface area contributed by atoms with E-state index in [1.165, 1.54) is 0 Å². The largest absolute Gasteiger partial charge is 0.455 e. The average Bonchev–Trinajstić information content (AvgIpc) is 3.36. The van der Waals surface area contributed by atoms with Crippen molar-refractivity contribution in [2.24, 2.45) is 0 Å². The Labute approximate surface area is 138 Å². The molecule has 1 aromatic carbocycles. The Kier molecular flexibility index (Phi) is 3.72. The zero-order chi connectivity index (χ0) is 16.4. The first kappa shape index (κ1) is 14.5. The van der Waals surface area contributed by atoms with Gasteiger partial charge in [-0.25, -0.2) is 9.67 Å². The van der Waals surface area contributed by atoms with Gasteiger partial charge in [0.2, 0.25) is 0 Å². The van der Waals surface area contributed by atoms with Crippen molar-refractivity contribution in [3.05, 3.63) is 78.6 Å². The summed E-state index contributed by atoms with van der Waals surface area (Å²) in [6.07, 6.45) is 7.34. The number of aliphatic hydroxyl groups is 1. The topological polar surface area (TPSA) is 69.0 Å². The summed E-state index contributed by atoms with van der Waals surface area (Å²) in [5.41, 5.74) is 2.15. The first-order chi connectivity index (χ1) is 11.8. The fourth-order valence-electron chi connectivity index (χ4n) is 2.66. The van der Waals surface area contributed by atoms with E-state index in [-0.39, 0.29) is 6.61 Å². The standard InChI is InChI=1S/C18H16N4O2/c23-13-16-5-6-17(24-16)18-19-8-10-21(18)12-14-3-1-4-15(11-14)22-9-2-7-20-22/h1-11,23H,12-13H2. The molecule has 4 aromatic rings. The molecule has 0 radical (unpaired) electrons. The van der Waals surface area contributed by atoms with Crippen LogP contribution in [-0.4, -0.2) is 24.4 Å². The van der Waals surface area contributed by atoms with E-state index in [4.69, 9.17) is 9.52 Å². The van der Waals surface area contributed by atoms with E-state index in [0.29, 0.717) is 18.1 Å². The summed E-state index contributed by atoms with van der Waals surface area (Å²) >= 11 is 0. The van der Waals surface area contributed by atoms with Crippen LogP contribution in [0.25, 0.3) is 17.3 Å². The molecule has 6 heteroatoms. The first-order valence-electron chi connectivity index (χ1n) is 7.63. The van der Waals surface area contributed by atoms with Gasteiger partial charge in [0.15, 0.2) is 11.6 Å². The molecular weight excluding hydrogens is 304 g/mol. The minimum absolute atomic E-state index is 0.118. The van der Waals surface area contributed by atoms with Gasteiger partial charge in [0, 0.05) is 31.3 Å². The molecule has 120 valence electrons. The van der Waals surface area contributed by atoms with Gasteiger partial charge < -0.3 is 14.1 Å². The van der Waals surface area contributed by atoms with Crippen LogP contribution >= 0.6 is 0 Å². The van der Waals surface area contributed by atoms with Crippen LogP contribution in [0.4, 0.5) is 0 Å². The monoisotopic (exact) mass is 320 g/mol. The van der Waals surface area contributed by atoms with Crippen molar-refractivity contribution in [1.29, 1.82) is 0 Å². The molecule has 0 amide bonds. The van der Waals surface area contributed by atoms with Gasteiger partial charge in [-0.2, -0.15) is 5.10 Å². The maximum absolute atomic E-state index is 9.14. The third-order valence-corrected chi connectivity index (χ3v) is 3.79. The molecular formula is C18H16N4O2. The van der Waals surface area contributed by atoms with Crippen molar-refractivity contribution in [2.75, 3.05) is 0 Å². The van der Waals surface area contributed by atoms with Gasteiger partial charge in [0.05, 0.1) is 5.69 Å². The molecule has 0 atom stereocenters. The average molecular weight is 320 g/mol. The number of aliphatic hydroxyl groups excluding tert-OH is 1. The molecule has 0 aliphatic rings. The van der Waals surface area contributed by atoms with E-state index < -0.39 is 0 Å². The van der Waals surface area contributed by atoms with Crippen molar-refractivity contribution in [2.45, 2.75) is 13.2 Å². The Bertz CT molecular complexity index is 938. The lowest BCUT2D eigenvalue weighted by molar-refractivity contribution is 0.248. The Morgan fingerprint density at radius 2 is 2.00 bits per heavy atom. The molecule has 24 heavy (non-hydrogen) atoms. The van der Waals surface area contributed by atoms with E-state index in [9.17, 15) is 0 Å². The van der Waals surface area contributed by atoms with Crippen molar-refractivity contribution >= 4 is 0 Å². The highest BCUT2D eigenvalue weighted by molar-refractivity contribution is 5.48. The molecule has 0 unspecified atom stereocenters. The highest BCUT2D eigenvalue weighted by Gasteiger charge is 2.11. The third kappa shape index (κ3) is 2.75. The van der Waals surface area contributed by atoms with Gasteiger partial charge in [0.25, 0.3) is 0 Å². The minimum atomic E-state index is -0.118. The molecule has 0 saturated heterocycles. The third-order valence-electron chi connectivity index (χ3n) is 3.79. The summed E-state index contributed by atoms with van der Waals surface area (Å²) in [5.74, 6) is 1.91. The summed E-state index contributed by atoms with van der Waals surface area (Å²) in [4.78, 5) is 4.37. The van der Waals surface area contributed by atoms with Gasteiger partial charge in [-0.1, -0.05) is 12.1 Å². The van der Waals surface area contributed by atoms with Crippen molar-refractivity contribution in [3.63, 3.8) is 0 Å². The number of hydrogen-bond acceptors (Lipinski definition) is 4. The van der Waals surface area contributed by atoms with Crippen molar-refractivity contribution in [1.82, 2.24) is 19.3 Å². The number of hydrogen-bond donors (Lipinski definition) is 1. The molecule has 1 N–H and O–H groups in total. The van der Waals surface area contributed by atoms with E-state index in [1.54, 1.807) is 18.5 Å². The molecule has 0 aliphatic carbocycles. The Morgan fingerprint density at radius 1 is 1.04 bits per heavy atom. The summed E-state index contributed by atoms with van der Waals surface area (Å²) in [7, 11) is 0. The van der Waals surface area contributed by atoms with Crippen LogP contribution in [0.5, 0.6) is 0 Å². The lowest BCUT2D eigenvalue weighted by atomic mass is 10.2. The summed E-state index contributed by atoms with van der Waals surface area (Å²) < 4.78 is 9.44. The SMILES string of the molecule is OCc1ccc(-c2nccn2Cc2cccc(-n3cccn3)c2)o1. The smallest absolute Gasteiger partial charge is 0.176 e. The van der Waals surface area contributed by atoms with Crippen LogP contribution in [-0.2, 0) is 13.2 Å². The second kappa shape index (κ2) is 6.17. The number of aromatic nitrogens is 4. The van der Waals surface area contributed by atoms with E-state index in [1.807, 2.05) is 45.9 Å². The number of rotatable bonds is 5. The Balaban J connectivity index is 1.63. The quantitative estimate of drug-likeness (QED) is 0.614. The lowest BCUT2D eigenvalue weighted by Gasteiger charge is -2.08. The van der Waals surface area contributed by atoms with Gasteiger partial charge in [-0.05, 0) is 35.9 Å². The number of nitrogens with zero attached hydrogens (tertiary/aromatic N) is 4. The number of furan rings is 1. The fourth-order valence-corrected chi connectivity index (χ4v) is 2.66. The zero-order valence-corrected chi connectivity index (χ0v) is 12.9. The van der Waals surface area contributed by atoms with Gasteiger partial charge in [0.1, 0.15) is 12.4 Å². The summed E-state index contributed by atoms with van der Waals surface area (Å²) in [5, 5.41) is 13.4. The molecule has 0 aliphatic heterocycles. The molecule has 6 nitrogen and oxygen atoms in total. The molecule has 3 heterocycles. The fraction of sp³-hybridized carbons (Fsp3) is 0.111. The lowest BCUT2D eigenvalue weighted by Crippen LogP contribution is -2.02. The Hall–Kier alpha value is -3.12. The maximum Gasteiger partial charge on any atom is 0.176 e. The Morgan fingerprint density at radius 3 is 2.79 bits per heavy atom. The number of imidazole rings is 1. The highest BCUT2D eigenvalue weighted by Crippen LogP contribution is 2.22. The van der Waals surface area contributed by atoms with Crippen LogP contribution in [0.2, 0.25) is 0 Å². The van der Waals surface area contributed by atoms with Crippen LogP contribution in [0, 0.1) is 0 Å². The second-order valence-corrected chi connectivity index (χ2v) is 5.42. The molecule has 0 saturated carbocycles. The predicted octanol–water partition coefficient (Wildman–Crippen LogP) is 2.87. The van der Waals surface area contributed by atoms with Crippen LogP contribution in [0.1, 0.15) is 11.3 Å². The maximum atomic E-state index is 9.14.